The standard InChI is InChI=1S/C17H21N3S/c1-3-8-18-16-14-7-5-4-6-13(14)9-15(16)21-17-19-10-12(2)11-20-17/h4-7,10-11,15-16,18H,3,8-9H2,1-2H3. The number of hydrogen-bond acceptors (Lipinski definition) is 4. The summed E-state index contributed by atoms with van der Waals surface area (Å²) in [5.41, 5.74) is 4.00. The molecule has 0 fully saturated rings. The normalized spacial score (nSPS) is 20.5. The van der Waals surface area contributed by atoms with Gasteiger partial charge >= 0.3 is 0 Å². The van der Waals surface area contributed by atoms with E-state index in [-0.39, 0.29) is 0 Å². The largest absolute Gasteiger partial charge is 0.309 e. The molecule has 0 radical (unpaired) electrons. The van der Waals surface area contributed by atoms with Gasteiger partial charge in [-0.15, -0.1) is 0 Å². The molecular weight excluding hydrogens is 278 g/mol. The minimum absolute atomic E-state index is 0.399. The molecule has 2 unspecified atom stereocenters. The first kappa shape index (κ1) is 14.5. The molecule has 2 atom stereocenters. The van der Waals surface area contributed by atoms with Crippen LogP contribution in [0.3, 0.4) is 0 Å². The van der Waals surface area contributed by atoms with Crippen molar-refractivity contribution in [3.8, 4) is 0 Å². The van der Waals surface area contributed by atoms with Gasteiger partial charge in [0.25, 0.3) is 0 Å². The van der Waals surface area contributed by atoms with E-state index in [4.69, 9.17) is 0 Å². The van der Waals surface area contributed by atoms with Crippen molar-refractivity contribution in [2.45, 2.75) is 43.1 Å². The molecule has 0 aliphatic heterocycles. The molecular formula is C17H21N3S. The maximum absolute atomic E-state index is 4.44. The highest BCUT2D eigenvalue weighted by molar-refractivity contribution is 7.99. The van der Waals surface area contributed by atoms with Crippen LogP contribution in [0, 0.1) is 6.92 Å². The fraction of sp³-hybridized carbons (Fsp3) is 0.412. The summed E-state index contributed by atoms with van der Waals surface area (Å²) >= 11 is 1.79. The van der Waals surface area contributed by atoms with Crippen LogP contribution in [0.15, 0.2) is 41.8 Å². The van der Waals surface area contributed by atoms with Crippen molar-refractivity contribution < 1.29 is 0 Å². The third-order valence-corrected chi connectivity index (χ3v) is 4.97. The van der Waals surface area contributed by atoms with Gasteiger partial charge in [0, 0.05) is 23.7 Å². The monoisotopic (exact) mass is 299 g/mol. The average molecular weight is 299 g/mol. The fourth-order valence-electron chi connectivity index (χ4n) is 2.79. The van der Waals surface area contributed by atoms with Crippen LogP contribution in [0.25, 0.3) is 0 Å². The molecule has 1 aliphatic carbocycles. The topological polar surface area (TPSA) is 37.8 Å². The van der Waals surface area contributed by atoms with E-state index in [9.17, 15) is 0 Å². The predicted octanol–water partition coefficient (Wildman–Crippen LogP) is 3.54. The molecule has 110 valence electrons. The predicted molar refractivity (Wildman–Crippen MR) is 87.6 cm³/mol. The Labute approximate surface area is 130 Å². The van der Waals surface area contributed by atoms with E-state index < -0.39 is 0 Å². The SMILES string of the molecule is CCCNC1c2ccccc2CC1Sc1ncc(C)cn1. The van der Waals surface area contributed by atoms with Gasteiger partial charge in [-0.05, 0) is 43.0 Å². The second kappa shape index (κ2) is 6.58. The number of aromatic nitrogens is 2. The Hall–Kier alpha value is -1.39. The Morgan fingerprint density at radius 1 is 1.24 bits per heavy atom. The Balaban J connectivity index is 1.79. The van der Waals surface area contributed by atoms with E-state index in [1.165, 1.54) is 11.1 Å². The molecule has 3 rings (SSSR count). The van der Waals surface area contributed by atoms with Gasteiger partial charge in [0.15, 0.2) is 5.16 Å². The lowest BCUT2D eigenvalue weighted by atomic mass is 10.1. The molecule has 1 aromatic carbocycles. The quantitative estimate of drug-likeness (QED) is 0.857. The van der Waals surface area contributed by atoms with Gasteiger partial charge in [0.2, 0.25) is 0 Å². The third kappa shape index (κ3) is 3.27. The molecule has 1 aromatic heterocycles. The number of hydrogen-bond donors (Lipinski definition) is 1. The summed E-state index contributed by atoms with van der Waals surface area (Å²) in [5.74, 6) is 0. The zero-order valence-electron chi connectivity index (χ0n) is 12.5. The molecule has 1 N–H and O–H groups in total. The van der Waals surface area contributed by atoms with Gasteiger partial charge in [-0.2, -0.15) is 0 Å². The first-order chi connectivity index (χ1) is 10.3. The average Bonchev–Trinajstić information content (AvgIpc) is 2.85. The first-order valence-corrected chi connectivity index (χ1v) is 8.42. The summed E-state index contributed by atoms with van der Waals surface area (Å²) in [6.45, 7) is 5.27. The van der Waals surface area contributed by atoms with Crippen LogP contribution in [-0.4, -0.2) is 21.8 Å². The van der Waals surface area contributed by atoms with Crippen LogP contribution >= 0.6 is 11.8 Å². The van der Waals surface area contributed by atoms with Crippen molar-refractivity contribution >= 4 is 11.8 Å². The number of nitrogens with one attached hydrogen (secondary N) is 1. The molecule has 2 aromatic rings. The van der Waals surface area contributed by atoms with Gasteiger partial charge in [-0.1, -0.05) is 43.0 Å². The van der Waals surface area contributed by atoms with Crippen LogP contribution in [0.1, 0.15) is 36.1 Å². The molecule has 1 aliphatic rings. The highest BCUT2D eigenvalue weighted by atomic mass is 32.2. The molecule has 3 nitrogen and oxygen atoms in total. The van der Waals surface area contributed by atoms with Crippen molar-refractivity contribution in [2.24, 2.45) is 0 Å². The molecule has 4 heteroatoms. The molecule has 21 heavy (non-hydrogen) atoms. The third-order valence-electron chi connectivity index (χ3n) is 3.81. The summed E-state index contributed by atoms with van der Waals surface area (Å²) in [6.07, 6.45) is 6.02. The summed E-state index contributed by atoms with van der Waals surface area (Å²) in [4.78, 5) is 8.89. The number of thioether (sulfide) groups is 1. The summed E-state index contributed by atoms with van der Waals surface area (Å²) in [5, 5.41) is 5.04. The van der Waals surface area contributed by atoms with E-state index in [0.717, 1.165) is 30.1 Å². The minimum atomic E-state index is 0.399. The molecule has 0 spiro atoms. The van der Waals surface area contributed by atoms with Gasteiger partial charge in [0.1, 0.15) is 0 Å². The lowest BCUT2D eigenvalue weighted by molar-refractivity contribution is 0.538. The smallest absolute Gasteiger partial charge is 0.187 e. The summed E-state index contributed by atoms with van der Waals surface area (Å²) < 4.78 is 0. The summed E-state index contributed by atoms with van der Waals surface area (Å²) in [7, 11) is 0. The van der Waals surface area contributed by atoms with Gasteiger partial charge in [0.05, 0.1) is 0 Å². The molecule has 1 heterocycles. The van der Waals surface area contributed by atoms with Crippen molar-refractivity contribution in [2.75, 3.05) is 6.54 Å². The van der Waals surface area contributed by atoms with Gasteiger partial charge in [-0.3, -0.25) is 0 Å². The van der Waals surface area contributed by atoms with Crippen LogP contribution in [-0.2, 0) is 6.42 Å². The minimum Gasteiger partial charge on any atom is -0.309 e. The van der Waals surface area contributed by atoms with E-state index in [1.807, 2.05) is 19.3 Å². The van der Waals surface area contributed by atoms with E-state index in [2.05, 4.69) is 46.5 Å². The van der Waals surface area contributed by atoms with Crippen molar-refractivity contribution in [3.63, 3.8) is 0 Å². The number of rotatable bonds is 5. The first-order valence-electron chi connectivity index (χ1n) is 7.54. The maximum Gasteiger partial charge on any atom is 0.187 e. The van der Waals surface area contributed by atoms with E-state index in [0.29, 0.717) is 11.3 Å². The highest BCUT2D eigenvalue weighted by Crippen LogP contribution is 2.40. The second-order valence-electron chi connectivity index (χ2n) is 5.53. The Kier molecular flexibility index (Phi) is 4.56. The second-order valence-corrected chi connectivity index (χ2v) is 6.74. The number of benzene rings is 1. The Morgan fingerprint density at radius 2 is 2.00 bits per heavy atom. The lowest BCUT2D eigenvalue weighted by Crippen LogP contribution is -2.27. The van der Waals surface area contributed by atoms with Crippen molar-refractivity contribution in [1.82, 2.24) is 15.3 Å². The zero-order valence-corrected chi connectivity index (χ0v) is 13.4. The fourth-order valence-corrected chi connectivity index (χ4v) is 3.93. The van der Waals surface area contributed by atoms with Crippen LogP contribution in [0.4, 0.5) is 0 Å². The number of aryl methyl sites for hydroxylation is 1. The maximum atomic E-state index is 4.44. The van der Waals surface area contributed by atoms with Crippen molar-refractivity contribution in [3.05, 3.63) is 53.3 Å². The lowest BCUT2D eigenvalue weighted by Gasteiger charge is -2.20. The van der Waals surface area contributed by atoms with Crippen LogP contribution in [0.5, 0.6) is 0 Å². The number of fused-ring (bicyclic) bond motifs is 1. The van der Waals surface area contributed by atoms with Crippen molar-refractivity contribution in [1.29, 1.82) is 0 Å². The van der Waals surface area contributed by atoms with E-state index >= 15 is 0 Å². The Morgan fingerprint density at radius 3 is 2.76 bits per heavy atom. The van der Waals surface area contributed by atoms with Gasteiger partial charge < -0.3 is 5.32 Å². The van der Waals surface area contributed by atoms with E-state index in [1.54, 1.807) is 11.8 Å². The molecule has 0 amide bonds. The molecule has 0 bridgehead atoms. The highest BCUT2D eigenvalue weighted by Gasteiger charge is 2.32. The van der Waals surface area contributed by atoms with Crippen LogP contribution < -0.4 is 5.32 Å². The molecule has 0 saturated carbocycles. The van der Waals surface area contributed by atoms with Crippen LogP contribution in [0.2, 0.25) is 0 Å². The van der Waals surface area contributed by atoms with Gasteiger partial charge in [-0.25, -0.2) is 9.97 Å². The summed E-state index contributed by atoms with van der Waals surface area (Å²) in [6, 6.07) is 9.15. The Bertz CT molecular complexity index is 597. The number of nitrogens with zero attached hydrogens (tertiary/aromatic N) is 2. The molecule has 0 saturated heterocycles. The zero-order chi connectivity index (χ0) is 14.7.